The summed E-state index contributed by atoms with van der Waals surface area (Å²) in [6.45, 7) is 7.52. The Morgan fingerprint density at radius 3 is 2.39 bits per heavy atom. The predicted octanol–water partition coefficient (Wildman–Crippen LogP) is 1.52. The first-order valence-electron chi connectivity index (χ1n) is 13.2. The van der Waals surface area contributed by atoms with Crippen LogP contribution in [0, 0.1) is 0 Å². The highest BCUT2D eigenvalue weighted by Gasteiger charge is 2.48. The van der Waals surface area contributed by atoms with E-state index in [1.807, 2.05) is 56.0 Å². The molecule has 0 aromatic heterocycles. The highest BCUT2D eigenvalue weighted by molar-refractivity contribution is 5.90. The lowest BCUT2D eigenvalue weighted by molar-refractivity contribution is -0.140. The third-order valence-electron chi connectivity index (χ3n) is 6.84. The normalized spacial score (nSPS) is 22.2. The lowest BCUT2D eigenvalue weighted by atomic mass is 10.0. The summed E-state index contributed by atoms with van der Waals surface area (Å²) < 4.78 is 5.30. The molecule has 208 valence electrons. The second-order valence-corrected chi connectivity index (χ2v) is 11.0. The summed E-state index contributed by atoms with van der Waals surface area (Å²) in [5.74, 6) is -0.763. The minimum atomic E-state index is -0.668. The Morgan fingerprint density at radius 2 is 1.71 bits per heavy atom. The van der Waals surface area contributed by atoms with Crippen molar-refractivity contribution in [3.05, 3.63) is 35.9 Å². The maximum atomic E-state index is 12.9. The Hall–Kier alpha value is -3.38. The molecule has 3 N–H and O–H groups in total. The van der Waals surface area contributed by atoms with E-state index in [9.17, 15) is 19.2 Å². The molecule has 3 fully saturated rings. The number of hydrogen-bond acceptors (Lipinski definition) is 7. The van der Waals surface area contributed by atoms with Gasteiger partial charge in [-0.15, -0.1) is 0 Å². The topological polar surface area (TPSA) is 133 Å². The van der Waals surface area contributed by atoms with Crippen LogP contribution in [0.3, 0.4) is 0 Å². The molecule has 3 aliphatic rings. The van der Waals surface area contributed by atoms with E-state index in [0.29, 0.717) is 45.3 Å². The number of hydrazine groups is 1. The molecule has 1 aromatic rings. The highest BCUT2D eigenvalue weighted by atomic mass is 16.7. The summed E-state index contributed by atoms with van der Waals surface area (Å²) in [5, 5.41) is 4.25. The third-order valence-corrected chi connectivity index (χ3v) is 6.84. The summed E-state index contributed by atoms with van der Waals surface area (Å²) >= 11 is 0. The Balaban J connectivity index is 1.16. The molecule has 0 radical (unpaired) electrons. The molecular weight excluding hydrogens is 492 g/mol. The summed E-state index contributed by atoms with van der Waals surface area (Å²) in [6.07, 6.45) is 2.08. The van der Waals surface area contributed by atoms with Crippen LogP contribution < -0.4 is 16.2 Å². The van der Waals surface area contributed by atoms with Crippen molar-refractivity contribution in [3.63, 3.8) is 0 Å². The number of carbonyl (C=O) groups is 4. The van der Waals surface area contributed by atoms with Gasteiger partial charge in [0.25, 0.3) is 11.8 Å². The van der Waals surface area contributed by atoms with Crippen LogP contribution in [0.1, 0.15) is 52.0 Å². The number of amides is 5. The largest absolute Gasteiger partial charge is 0.444 e. The maximum Gasteiger partial charge on any atom is 0.407 e. The van der Waals surface area contributed by atoms with Gasteiger partial charge in [-0.25, -0.2) is 9.59 Å². The van der Waals surface area contributed by atoms with E-state index in [1.54, 1.807) is 0 Å². The fourth-order valence-electron chi connectivity index (χ4n) is 4.96. The Morgan fingerprint density at radius 1 is 1.00 bits per heavy atom. The van der Waals surface area contributed by atoms with Gasteiger partial charge in [-0.1, -0.05) is 30.3 Å². The number of ether oxygens (including phenoxy) is 1. The molecule has 2 bridgehead atoms. The van der Waals surface area contributed by atoms with E-state index in [0.717, 1.165) is 5.56 Å². The van der Waals surface area contributed by atoms with Gasteiger partial charge in [0.15, 0.2) is 0 Å². The van der Waals surface area contributed by atoms with Crippen molar-refractivity contribution in [2.45, 2.75) is 76.8 Å². The van der Waals surface area contributed by atoms with Crippen LogP contribution in [-0.2, 0) is 25.8 Å². The number of benzene rings is 1. The van der Waals surface area contributed by atoms with Crippen LogP contribution in [0.5, 0.6) is 0 Å². The van der Waals surface area contributed by atoms with Gasteiger partial charge in [-0.3, -0.25) is 30.2 Å². The summed E-state index contributed by atoms with van der Waals surface area (Å²) in [5.41, 5.74) is 5.36. The minimum absolute atomic E-state index is 0.00627. The van der Waals surface area contributed by atoms with Gasteiger partial charge in [0.05, 0.1) is 12.6 Å². The number of piperidine rings is 2. The quantitative estimate of drug-likeness (QED) is 0.456. The maximum absolute atomic E-state index is 12.9. The standard InChI is InChI=1S/C26H38N6O6/c1-26(2,3)38-24(35)27-19-11-13-30(14-12-19)16-22(33)28-29-23(34)21-10-9-20-15-31(21)25(36)32(20)37-17-18-7-5-4-6-8-18/h4-8,19-21H,9-17H2,1-3H3,(H,27,35)(H,28,33)(H,29,34). The zero-order valence-corrected chi connectivity index (χ0v) is 22.3. The molecule has 12 heteroatoms. The average molecular weight is 531 g/mol. The van der Waals surface area contributed by atoms with Crippen LogP contribution in [0.25, 0.3) is 0 Å². The first-order chi connectivity index (χ1) is 18.1. The van der Waals surface area contributed by atoms with Crippen molar-refractivity contribution in [2.24, 2.45) is 0 Å². The van der Waals surface area contributed by atoms with Crippen LogP contribution in [0.15, 0.2) is 30.3 Å². The Kier molecular flexibility index (Phi) is 8.72. The lowest BCUT2D eigenvalue weighted by Crippen LogP contribution is -2.55. The van der Waals surface area contributed by atoms with E-state index in [-0.39, 0.29) is 37.2 Å². The molecule has 2 atom stereocenters. The van der Waals surface area contributed by atoms with Gasteiger partial charge < -0.3 is 15.0 Å². The summed E-state index contributed by atoms with van der Waals surface area (Å²) in [6, 6.07) is 8.48. The van der Waals surface area contributed by atoms with E-state index in [4.69, 9.17) is 9.57 Å². The molecule has 3 heterocycles. The molecule has 38 heavy (non-hydrogen) atoms. The van der Waals surface area contributed by atoms with E-state index >= 15 is 0 Å². The highest BCUT2D eigenvalue weighted by Crippen LogP contribution is 2.30. The Labute approximate surface area is 222 Å². The van der Waals surface area contributed by atoms with E-state index in [1.165, 1.54) is 9.96 Å². The summed E-state index contributed by atoms with van der Waals surface area (Å²) in [7, 11) is 0. The van der Waals surface area contributed by atoms with Crippen LogP contribution in [-0.4, -0.2) is 88.7 Å². The first kappa shape index (κ1) is 27.6. The fraction of sp³-hybridized carbons (Fsp3) is 0.615. The van der Waals surface area contributed by atoms with Gasteiger partial charge in [0.1, 0.15) is 18.2 Å². The Bertz CT molecular complexity index is 1010. The number of hydrogen-bond donors (Lipinski definition) is 3. The van der Waals surface area contributed by atoms with Gasteiger partial charge >= 0.3 is 12.1 Å². The number of hydroxylamine groups is 2. The lowest BCUT2D eigenvalue weighted by Gasteiger charge is -2.32. The molecular formula is C26H38N6O6. The van der Waals surface area contributed by atoms with Crippen LogP contribution in [0.4, 0.5) is 9.59 Å². The van der Waals surface area contributed by atoms with Crippen LogP contribution in [0.2, 0.25) is 0 Å². The van der Waals surface area contributed by atoms with Gasteiger partial charge in [-0.2, -0.15) is 5.06 Å². The van der Waals surface area contributed by atoms with Gasteiger partial charge in [-0.05, 0) is 52.0 Å². The minimum Gasteiger partial charge on any atom is -0.444 e. The molecule has 2 unspecified atom stereocenters. The number of alkyl carbamates (subject to hydrolysis) is 1. The molecule has 0 aliphatic carbocycles. The predicted molar refractivity (Wildman–Crippen MR) is 137 cm³/mol. The molecule has 3 aliphatic heterocycles. The number of nitrogens with zero attached hydrogens (tertiary/aromatic N) is 3. The van der Waals surface area contributed by atoms with E-state index < -0.39 is 23.6 Å². The number of nitrogens with one attached hydrogen (secondary N) is 3. The smallest absolute Gasteiger partial charge is 0.407 e. The molecule has 4 rings (SSSR count). The first-order valence-corrected chi connectivity index (χ1v) is 13.2. The van der Waals surface area contributed by atoms with Crippen molar-refractivity contribution < 1.29 is 28.8 Å². The van der Waals surface area contributed by atoms with Gasteiger partial charge in [0.2, 0.25) is 0 Å². The van der Waals surface area contributed by atoms with Crippen molar-refractivity contribution in [2.75, 3.05) is 26.2 Å². The zero-order valence-electron chi connectivity index (χ0n) is 22.3. The monoisotopic (exact) mass is 530 g/mol. The van der Waals surface area contributed by atoms with Crippen LogP contribution >= 0.6 is 0 Å². The second kappa shape index (κ2) is 12.0. The van der Waals surface area contributed by atoms with Crippen molar-refractivity contribution in [3.8, 4) is 0 Å². The molecule has 0 saturated carbocycles. The molecule has 12 nitrogen and oxygen atoms in total. The third kappa shape index (κ3) is 7.35. The number of likely N-dealkylation sites (tertiary alicyclic amines) is 1. The van der Waals surface area contributed by atoms with Crippen molar-refractivity contribution >= 4 is 23.9 Å². The number of fused-ring (bicyclic) bond motifs is 2. The molecule has 5 amide bonds. The zero-order chi connectivity index (χ0) is 27.3. The molecule has 3 saturated heterocycles. The number of rotatable bonds is 7. The number of carbonyl (C=O) groups excluding carboxylic acids is 4. The SMILES string of the molecule is CC(C)(C)OC(=O)NC1CCN(CC(=O)NNC(=O)C2CCC3CN2C(=O)N3OCc2ccccc2)CC1. The number of urea groups is 1. The fourth-order valence-corrected chi connectivity index (χ4v) is 4.96. The van der Waals surface area contributed by atoms with E-state index in [2.05, 4.69) is 16.2 Å². The molecule has 0 spiro atoms. The summed E-state index contributed by atoms with van der Waals surface area (Å²) in [4.78, 5) is 59.4. The molecule has 1 aromatic carbocycles. The van der Waals surface area contributed by atoms with Crippen molar-refractivity contribution in [1.29, 1.82) is 0 Å². The van der Waals surface area contributed by atoms with Gasteiger partial charge in [0, 0.05) is 25.7 Å². The average Bonchev–Trinajstić information content (AvgIpc) is 3.11. The second-order valence-electron chi connectivity index (χ2n) is 11.0. The van der Waals surface area contributed by atoms with Crippen molar-refractivity contribution in [1.82, 2.24) is 31.0 Å².